The molecule has 170 valence electrons. The van der Waals surface area contributed by atoms with E-state index in [0.29, 0.717) is 24.2 Å². The minimum atomic E-state index is 0.315. The minimum Gasteiger partial charge on any atom is -0.373 e. The molecule has 7 nitrogen and oxygen atoms in total. The number of piperidine rings is 1. The molecule has 0 spiro atoms. The van der Waals surface area contributed by atoms with Gasteiger partial charge in [-0.3, -0.25) is 4.98 Å². The van der Waals surface area contributed by atoms with Gasteiger partial charge in [-0.15, -0.1) is 0 Å². The van der Waals surface area contributed by atoms with Gasteiger partial charge in [-0.05, 0) is 75.0 Å². The third kappa shape index (κ3) is 3.62. The zero-order chi connectivity index (χ0) is 21.8. The Labute approximate surface area is 194 Å². The molecule has 3 aromatic rings. The predicted molar refractivity (Wildman–Crippen MR) is 129 cm³/mol. The molecule has 1 N–H and O–H groups in total. The van der Waals surface area contributed by atoms with E-state index in [0.717, 1.165) is 54.5 Å². The topological polar surface area (TPSA) is 76.1 Å². The van der Waals surface area contributed by atoms with E-state index < -0.39 is 0 Å². The molecule has 1 saturated carbocycles. The SMILES string of the molecule is c1cc(-c2nc(N3CCCCC3)c3c(C4CC4)cncc3n2)cc(N[C@@H]2C[C@H]3CC[C@@H]2O3)n1. The Kier molecular flexibility index (Phi) is 4.71. The van der Waals surface area contributed by atoms with Gasteiger partial charge in [0.2, 0.25) is 0 Å². The van der Waals surface area contributed by atoms with Gasteiger partial charge in [-0.2, -0.15) is 0 Å². The fourth-order valence-corrected chi connectivity index (χ4v) is 5.88. The maximum Gasteiger partial charge on any atom is 0.162 e. The number of nitrogens with zero attached hydrogens (tertiary/aromatic N) is 5. The van der Waals surface area contributed by atoms with Crippen molar-refractivity contribution in [3.8, 4) is 11.4 Å². The van der Waals surface area contributed by atoms with Gasteiger partial charge >= 0.3 is 0 Å². The van der Waals surface area contributed by atoms with Crippen molar-refractivity contribution in [2.45, 2.75) is 75.5 Å². The summed E-state index contributed by atoms with van der Waals surface area (Å²) in [5.74, 6) is 3.33. The van der Waals surface area contributed by atoms with Crippen LogP contribution in [0.15, 0.2) is 30.7 Å². The Morgan fingerprint density at radius 2 is 1.91 bits per heavy atom. The molecule has 6 heterocycles. The number of pyridine rings is 2. The van der Waals surface area contributed by atoms with Crippen molar-refractivity contribution in [3.63, 3.8) is 0 Å². The van der Waals surface area contributed by atoms with Gasteiger partial charge in [-0.1, -0.05) is 0 Å². The lowest BCUT2D eigenvalue weighted by atomic mass is 9.95. The molecule has 7 heteroatoms. The third-order valence-electron chi connectivity index (χ3n) is 7.75. The number of nitrogens with one attached hydrogen (secondary N) is 1. The standard InChI is InChI=1S/C26H30N6O/c1-2-10-32(11-3-1)26-24-19(16-4-5-16)14-27-15-21(24)30-25(31-26)17-8-9-28-23(12-17)29-20-13-18-6-7-22(20)33-18/h8-9,12,14-16,18,20,22H,1-7,10-11,13H2,(H,28,29)/t18-,20-,22+/m1/s1. The van der Waals surface area contributed by atoms with E-state index in [-0.39, 0.29) is 0 Å². The van der Waals surface area contributed by atoms with Crippen LogP contribution in [0, 0.1) is 0 Å². The summed E-state index contributed by atoms with van der Waals surface area (Å²) >= 11 is 0. The van der Waals surface area contributed by atoms with Crippen LogP contribution in [-0.2, 0) is 4.74 Å². The number of aromatic nitrogens is 4. The smallest absolute Gasteiger partial charge is 0.162 e. The fraction of sp³-hybridized carbons (Fsp3) is 0.538. The molecule has 0 aromatic carbocycles. The van der Waals surface area contributed by atoms with Crippen LogP contribution in [0.2, 0.25) is 0 Å². The highest BCUT2D eigenvalue weighted by Crippen LogP contribution is 2.45. The largest absolute Gasteiger partial charge is 0.373 e. The molecule has 2 bridgehead atoms. The number of fused-ring (bicyclic) bond motifs is 3. The first kappa shape index (κ1) is 19.6. The van der Waals surface area contributed by atoms with Crippen molar-refractivity contribution in [1.82, 2.24) is 19.9 Å². The summed E-state index contributed by atoms with van der Waals surface area (Å²) in [6, 6.07) is 4.45. The first-order valence-corrected chi connectivity index (χ1v) is 12.6. The second-order valence-corrected chi connectivity index (χ2v) is 10.1. The van der Waals surface area contributed by atoms with Gasteiger partial charge in [0.25, 0.3) is 0 Å². The van der Waals surface area contributed by atoms with Gasteiger partial charge in [0.15, 0.2) is 5.82 Å². The van der Waals surface area contributed by atoms with E-state index in [9.17, 15) is 0 Å². The summed E-state index contributed by atoms with van der Waals surface area (Å²) in [5, 5.41) is 4.83. The molecule has 0 unspecified atom stereocenters. The lowest BCUT2D eigenvalue weighted by molar-refractivity contribution is 0.102. The highest BCUT2D eigenvalue weighted by Gasteiger charge is 2.40. The summed E-state index contributed by atoms with van der Waals surface area (Å²) in [5.41, 5.74) is 3.28. The summed E-state index contributed by atoms with van der Waals surface area (Å²) in [6.07, 6.45) is 16.2. The molecule has 0 radical (unpaired) electrons. The first-order chi connectivity index (χ1) is 16.3. The van der Waals surface area contributed by atoms with Crippen molar-refractivity contribution in [2.24, 2.45) is 0 Å². The molecule has 3 aromatic heterocycles. The zero-order valence-electron chi connectivity index (χ0n) is 18.9. The van der Waals surface area contributed by atoms with Crippen LogP contribution >= 0.6 is 0 Å². The van der Waals surface area contributed by atoms with E-state index in [1.54, 1.807) is 0 Å². The van der Waals surface area contributed by atoms with Crippen molar-refractivity contribution >= 4 is 22.5 Å². The van der Waals surface area contributed by atoms with E-state index in [4.69, 9.17) is 14.7 Å². The summed E-state index contributed by atoms with van der Waals surface area (Å²) in [6.45, 7) is 2.12. The molecule has 3 aliphatic heterocycles. The Balaban J connectivity index is 1.28. The van der Waals surface area contributed by atoms with Crippen LogP contribution in [0.5, 0.6) is 0 Å². The summed E-state index contributed by atoms with van der Waals surface area (Å²) in [4.78, 5) is 21.8. The van der Waals surface area contributed by atoms with Crippen LogP contribution in [0.4, 0.5) is 11.6 Å². The molecule has 33 heavy (non-hydrogen) atoms. The summed E-state index contributed by atoms with van der Waals surface area (Å²) in [7, 11) is 0. The van der Waals surface area contributed by atoms with Crippen LogP contribution < -0.4 is 10.2 Å². The molecule has 4 fully saturated rings. The van der Waals surface area contributed by atoms with Crippen LogP contribution in [-0.4, -0.2) is 51.3 Å². The molecule has 0 amide bonds. The van der Waals surface area contributed by atoms with E-state index in [2.05, 4.69) is 26.3 Å². The Bertz CT molecular complexity index is 1190. The molecule has 3 saturated heterocycles. The van der Waals surface area contributed by atoms with Crippen LogP contribution in [0.25, 0.3) is 22.3 Å². The number of hydrogen-bond donors (Lipinski definition) is 1. The quantitative estimate of drug-likeness (QED) is 0.614. The van der Waals surface area contributed by atoms with Gasteiger partial charge in [0.05, 0.1) is 30.0 Å². The monoisotopic (exact) mass is 442 g/mol. The summed E-state index contributed by atoms with van der Waals surface area (Å²) < 4.78 is 6.01. The van der Waals surface area contributed by atoms with Crippen molar-refractivity contribution < 1.29 is 4.74 Å². The van der Waals surface area contributed by atoms with Gasteiger partial charge in [0, 0.05) is 36.4 Å². The Morgan fingerprint density at radius 3 is 2.70 bits per heavy atom. The van der Waals surface area contributed by atoms with Gasteiger partial charge in [-0.25, -0.2) is 15.0 Å². The molecular formula is C26H30N6O. The number of hydrogen-bond acceptors (Lipinski definition) is 7. The predicted octanol–water partition coefficient (Wildman–Crippen LogP) is 4.69. The third-order valence-corrected chi connectivity index (χ3v) is 7.75. The van der Waals surface area contributed by atoms with E-state index in [1.165, 1.54) is 49.5 Å². The maximum absolute atomic E-state index is 6.01. The lowest BCUT2D eigenvalue weighted by Gasteiger charge is -2.29. The fourth-order valence-electron chi connectivity index (χ4n) is 5.88. The van der Waals surface area contributed by atoms with E-state index in [1.807, 2.05) is 24.7 Å². The second kappa shape index (κ2) is 7.90. The van der Waals surface area contributed by atoms with Crippen molar-refractivity contribution in [3.05, 3.63) is 36.3 Å². The molecule has 4 aliphatic rings. The molecule has 1 aliphatic carbocycles. The number of rotatable bonds is 5. The van der Waals surface area contributed by atoms with Gasteiger partial charge in [0.1, 0.15) is 11.6 Å². The Hall–Kier alpha value is -2.80. The lowest BCUT2D eigenvalue weighted by Crippen LogP contribution is -2.31. The highest BCUT2D eigenvalue weighted by atomic mass is 16.5. The van der Waals surface area contributed by atoms with E-state index >= 15 is 0 Å². The number of anilines is 2. The maximum atomic E-state index is 6.01. The van der Waals surface area contributed by atoms with Crippen molar-refractivity contribution in [1.29, 1.82) is 0 Å². The normalized spacial score (nSPS) is 26.8. The van der Waals surface area contributed by atoms with Crippen LogP contribution in [0.3, 0.4) is 0 Å². The Morgan fingerprint density at radius 1 is 1.00 bits per heavy atom. The zero-order valence-corrected chi connectivity index (χ0v) is 18.9. The average Bonchev–Trinajstić information content (AvgIpc) is 3.51. The first-order valence-electron chi connectivity index (χ1n) is 12.6. The van der Waals surface area contributed by atoms with Crippen LogP contribution in [0.1, 0.15) is 62.8 Å². The second-order valence-electron chi connectivity index (χ2n) is 10.1. The molecular weight excluding hydrogens is 412 g/mol. The molecule has 7 rings (SSSR count). The molecule has 3 atom stereocenters. The minimum absolute atomic E-state index is 0.315. The van der Waals surface area contributed by atoms with Crippen molar-refractivity contribution in [2.75, 3.05) is 23.3 Å². The average molecular weight is 443 g/mol. The highest BCUT2D eigenvalue weighted by molar-refractivity contribution is 5.94. The van der Waals surface area contributed by atoms with Gasteiger partial charge < -0.3 is 15.0 Å². The number of ether oxygens (including phenoxy) is 1.